The standard InChI is InChI=1S/C12H16N2O5S2/c1-7-10(6-9(20-7)12(16)17)21(18,19)14-5-3-2-4-8(14)11(13)15/h6,8H,2-5H2,1H3,(H2,13,15)(H,16,17). The fourth-order valence-electron chi connectivity index (χ4n) is 2.43. The van der Waals surface area contributed by atoms with Gasteiger partial charge >= 0.3 is 5.97 Å². The van der Waals surface area contributed by atoms with Crippen LogP contribution >= 0.6 is 11.3 Å². The van der Waals surface area contributed by atoms with E-state index < -0.39 is 27.9 Å². The molecule has 1 aromatic rings. The number of carbonyl (C=O) groups is 2. The number of aryl methyl sites for hydroxylation is 1. The Labute approximate surface area is 126 Å². The van der Waals surface area contributed by atoms with Crippen LogP contribution in [0.25, 0.3) is 0 Å². The van der Waals surface area contributed by atoms with Crippen LogP contribution in [-0.2, 0) is 14.8 Å². The van der Waals surface area contributed by atoms with E-state index >= 15 is 0 Å². The van der Waals surface area contributed by atoms with Crippen molar-refractivity contribution in [1.82, 2.24) is 4.31 Å². The molecular weight excluding hydrogens is 316 g/mol. The highest BCUT2D eigenvalue weighted by Crippen LogP contribution is 2.31. The van der Waals surface area contributed by atoms with Gasteiger partial charge in [-0.3, -0.25) is 4.79 Å². The molecule has 1 aliphatic rings. The second kappa shape index (κ2) is 5.74. The van der Waals surface area contributed by atoms with E-state index in [1.54, 1.807) is 6.92 Å². The van der Waals surface area contributed by atoms with Crippen molar-refractivity contribution in [2.45, 2.75) is 37.1 Å². The third-order valence-electron chi connectivity index (χ3n) is 3.45. The van der Waals surface area contributed by atoms with E-state index in [0.29, 0.717) is 17.7 Å². The average Bonchev–Trinajstić information content (AvgIpc) is 2.81. The summed E-state index contributed by atoms with van der Waals surface area (Å²) in [5, 5.41) is 8.97. The van der Waals surface area contributed by atoms with Gasteiger partial charge in [0.25, 0.3) is 0 Å². The Hall–Kier alpha value is -1.45. The molecule has 0 bridgehead atoms. The molecule has 0 saturated carbocycles. The first kappa shape index (κ1) is 15.9. The lowest BCUT2D eigenvalue weighted by atomic mass is 10.0. The molecule has 1 amide bonds. The minimum Gasteiger partial charge on any atom is -0.477 e. The number of aromatic carboxylic acids is 1. The third kappa shape index (κ3) is 2.94. The molecule has 9 heteroatoms. The maximum absolute atomic E-state index is 12.7. The maximum Gasteiger partial charge on any atom is 0.345 e. The van der Waals surface area contributed by atoms with E-state index in [0.717, 1.165) is 28.1 Å². The quantitative estimate of drug-likeness (QED) is 0.845. The van der Waals surface area contributed by atoms with Crippen molar-refractivity contribution in [3.63, 3.8) is 0 Å². The molecule has 7 nitrogen and oxygen atoms in total. The van der Waals surface area contributed by atoms with E-state index in [9.17, 15) is 18.0 Å². The Balaban J connectivity index is 2.45. The van der Waals surface area contributed by atoms with Gasteiger partial charge in [0.05, 0.1) is 4.90 Å². The molecule has 0 radical (unpaired) electrons. The van der Waals surface area contributed by atoms with Crippen LogP contribution in [0, 0.1) is 6.92 Å². The van der Waals surface area contributed by atoms with Gasteiger partial charge in [0.1, 0.15) is 10.9 Å². The topological polar surface area (TPSA) is 118 Å². The lowest BCUT2D eigenvalue weighted by Crippen LogP contribution is -2.50. The highest BCUT2D eigenvalue weighted by Gasteiger charge is 2.38. The smallest absolute Gasteiger partial charge is 0.345 e. The second-order valence-corrected chi connectivity index (χ2v) is 7.98. The van der Waals surface area contributed by atoms with Crippen LogP contribution in [0.1, 0.15) is 33.8 Å². The first-order valence-electron chi connectivity index (χ1n) is 6.40. The molecule has 0 aromatic carbocycles. The minimum atomic E-state index is -3.92. The van der Waals surface area contributed by atoms with Gasteiger partial charge in [0.2, 0.25) is 15.9 Å². The van der Waals surface area contributed by atoms with E-state index in [4.69, 9.17) is 10.8 Å². The predicted molar refractivity (Wildman–Crippen MR) is 76.7 cm³/mol. The second-order valence-electron chi connectivity index (χ2n) is 4.87. The summed E-state index contributed by atoms with van der Waals surface area (Å²) in [5.74, 6) is -1.85. The third-order valence-corrected chi connectivity index (χ3v) is 6.65. The van der Waals surface area contributed by atoms with Gasteiger partial charge in [-0.05, 0) is 25.8 Å². The molecule has 0 spiro atoms. The number of piperidine rings is 1. The number of nitrogens with zero attached hydrogens (tertiary/aromatic N) is 1. The highest BCUT2D eigenvalue weighted by molar-refractivity contribution is 7.89. The van der Waals surface area contributed by atoms with Crippen LogP contribution in [0.15, 0.2) is 11.0 Å². The zero-order valence-electron chi connectivity index (χ0n) is 11.4. The fraction of sp³-hybridized carbons (Fsp3) is 0.500. The zero-order chi connectivity index (χ0) is 15.8. The van der Waals surface area contributed by atoms with Crippen molar-refractivity contribution in [3.05, 3.63) is 15.8 Å². The summed E-state index contributed by atoms with van der Waals surface area (Å²) >= 11 is 0.901. The molecule has 3 N–H and O–H groups in total. The van der Waals surface area contributed by atoms with Crippen molar-refractivity contribution in [2.24, 2.45) is 5.73 Å². The number of nitrogens with two attached hydrogens (primary N) is 1. The summed E-state index contributed by atoms with van der Waals surface area (Å²) in [6, 6.07) is 0.279. The lowest BCUT2D eigenvalue weighted by Gasteiger charge is -2.32. The van der Waals surface area contributed by atoms with Crippen LogP contribution in [0.4, 0.5) is 0 Å². The Morgan fingerprint density at radius 1 is 1.43 bits per heavy atom. The molecule has 1 fully saturated rings. The molecule has 1 aliphatic heterocycles. The number of rotatable bonds is 4. The zero-order valence-corrected chi connectivity index (χ0v) is 13.0. The van der Waals surface area contributed by atoms with Gasteiger partial charge in [-0.2, -0.15) is 4.31 Å². The van der Waals surface area contributed by atoms with E-state index in [1.807, 2.05) is 0 Å². The molecule has 1 atom stereocenters. The average molecular weight is 332 g/mol. The van der Waals surface area contributed by atoms with Gasteiger partial charge in [-0.25, -0.2) is 13.2 Å². The number of sulfonamides is 1. The van der Waals surface area contributed by atoms with Gasteiger partial charge in [0, 0.05) is 11.4 Å². The molecule has 1 unspecified atom stereocenters. The predicted octanol–water partition coefficient (Wildman–Crippen LogP) is 0.783. The number of primary amides is 1. The number of hydrogen-bond acceptors (Lipinski definition) is 5. The Morgan fingerprint density at radius 3 is 2.62 bits per heavy atom. The Morgan fingerprint density at radius 2 is 2.10 bits per heavy atom. The largest absolute Gasteiger partial charge is 0.477 e. The molecule has 1 saturated heterocycles. The normalized spacial score (nSPS) is 20.3. The number of amides is 1. The lowest BCUT2D eigenvalue weighted by molar-refractivity contribution is -0.122. The summed E-state index contributed by atoms with van der Waals surface area (Å²) in [4.78, 5) is 22.7. The molecule has 1 aromatic heterocycles. The fourth-order valence-corrected chi connectivity index (χ4v) is 5.50. The molecule has 116 valence electrons. The molecular formula is C12H16N2O5S2. The van der Waals surface area contributed by atoms with Crippen molar-refractivity contribution < 1.29 is 23.1 Å². The maximum atomic E-state index is 12.7. The van der Waals surface area contributed by atoms with Gasteiger partial charge in [-0.15, -0.1) is 11.3 Å². The molecule has 21 heavy (non-hydrogen) atoms. The Kier molecular flexibility index (Phi) is 4.35. The van der Waals surface area contributed by atoms with Crippen LogP contribution in [0.2, 0.25) is 0 Å². The molecule has 2 rings (SSSR count). The first-order chi connectivity index (χ1) is 9.75. The highest BCUT2D eigenvalue weighted by atomic mass is 32.2. The SMILES string of the molecule is Cc1sc(C(=O)O)cc1S(=O)(=O)N1CCCCC1C(N)=O. The molecule has 2 heterocycles. The Bertz CT molecular complexity index is 680. The van der Waals surface area contributed by atoms with E-state index in [-0.39, 0.29) is 16.3 Å². The van der Waals surface area contributed by atoms with Crippen molar-refractivity contribution in [2.75, 3.05) is 6.54 Å². The summed E-state index contributed by atoms with van der Waals surface area (Å²) in [6.45, 7) is 1.76. The minimum absolute atomic E-state index is 0.0429. The monoisotopic (exact) mass is 332 g/mol. The van der Waals surface area contributed by atoms with Gasteiger partial charge in [0.15, 0.2) is 0 Å². The van der Waals surface area contributed by atoms with E-state index in [1.165, 1.54) is 0 Å². The summed E-state index contributed by atoms with van der Waals surface area (Å²) in [5.41, 5.74) is 5.29. The van der Waals surface area contributed by atoms with Gasteiger partial charge < -0.3 is 10.8 Å². The van der Waals surface area contributed by atoms with Crippen molar-refractivity contribution >= 4 is 33.2 Å². The van der Waals surface area contributed by atoms with Crippen molar-refractivity contribution in [3.8, 4) is 0 Å². The summed E-state index contributed by atoms with van der Waals surface area (Å²) < 4.78 is 26.5. The van der Waals surface area contributed by atoms with Crippen LogP contribution in [-0.4, -0.2) is 42.3 Å². The van der Waals surface area contributed by atoms with Crippen LogP contribution < -0.4 is 5.73 Å². The molecule has 0 aliphatic carbocycles. The number of carbonyl (C=O) groups excluding carboxylic acids is 1. The van der Waals surface area contributed by atoms with Crippen LogP contribution in [0.5, 0.6) is 0 Å². The summed E-state index contributed by atoms with van der Waals surface area (Å²) in [7, 11) is -3.92. The van der Waals surface area contributed by atoms with Crippen LogP contribution in [0.3, 0.4) is 0 Å². The number of thiophene rings is 1. The number of carboxylic acids is 1. The van der Waals surface area contributed by atoms with E-state index in [2.05, 4.69) is 0 Å². The van der Waals surface area contributed by atoms with Crippen molar-refractivity contribution in [1.29, 1.82) is 0 Å². The number of carboxylic acid groups (broad SMARTS) is 1. The summed E-state index contributed by atoms with van der Waals surface area (Å²) in [6.07, 6.45) is 1.78. The first-order valence-corrected chi connectivity index (χ1v) is 8.65. The number of hydrogen-bond donors (Lipinski definition) is 2. The van der Waals surface area contributed by atoms with Gasteiger partial charge in [-0.1, -0.05) is 6.42 Å².